The molecule has 0 amide bonds. The van der Waals surface area contributed by atoms with Crippen molar-refractivity contribution in [3.05, 3.63) is 47.3 Å². The van der Waals surface area contributed by atoms with E-state index in [9.17, 15) is 0 Å². The number of benzene rings is 1. The number of nitrogen functional groups attached to an aromatic ring is 1. The summed E-state index contributed by atoms with van der Waals surface area (Å²) in [6.45, 7) is 2.04. The first kappa shape index (κ1) is 11.8. The summed E-state index contributed by atoms with van der Waals surface area (Å²) in [6, 6.07) is 7.65. The highest BCUT2D eigenvalue weighted by molar-refractivity contribution is 5.79. The smallest absolute Gasteiger partial charge is 0.134 e. The molecule has 98 valence electrons. The van der Waals surface area contributed by atoms with E-state index in [0.29, 0.717) is 11.6 Å². The molecule has 6 N–H and O–H groups in total. The van der Waals surface area contributed by atoms with Crippen LogP contribution >= 0.6 is 0 Å². The first-order valence-electron chi connectivity index (χ1n) is 5.94. The van der Waals surface area contributed by atoms with Crippen LogP contribution in [0, 0.1) is 6.92 Å². The summed E-state index contributed by atoms with van der Waals surface area (Å²) >= 11 is 0. The van der Waals surface area contributed by atoms with Crippen LogP contribution in [-0.2, 0) is 0 Å². The maximum atomic E-state index is 5.82. The molecule has 1 unspecified atom stereocenters. The first-order chi connectivity index (χ1) is 9.19. The molecule has 0 aliphatic rings. The molecule has 0 saturated carbocycles. The Balaban J connectivity index is 2.09. The Morgan fingerprint density at radius 2 is 2.21 bits per heavy atom. The number of aromatic amines is 1. The van der Waals surface area contributed by atoms with E-state index in [0.717, 1.165) is 16.5 Å². The molecule has 3 aromatic rings. The molecule has 2 heterocycles. The zero-order chi connectivity index (χ0) is 13.4. The molecular formula is C13H15N5O. The standard InChI is InChI=1S/C13H15N5O/c1-7-2-3-10-8(4-7)5-11(19-10)12(17-15)9-6-16-18-13(9)14/h2-6,12,17H,15H2,1H3,(H3,14,16,18). The third-order valence-corrected chi connectivity index (χ3v) is 3.15. The molecule has 1 aromatic carbocycles. The second kappa shape index (κ2) is 4.42. The normalized spacial score (nSPS) is 12.9. The lowest BCUT2D eigenvalue weighted by molar-refractivity contribution is 0.478. The maximum absolute atomic E-state index is 5.82. The number of hydrogen-bond donors (Lipinski definition) is 4. The van der Waals surface area contributed by atoms with E-state index in [2.05, 4.69) is 21.7 Å². The molecule has 0 aliphatic heterocycles. The van der Waals surface area contributed by atoms with Crippen LogP contribution in [0.1, 0.15) is 22.9 Å². The minimum absolute atomic E-state index is 0.327. The van der Waals surface area contributed by atoms with E-state index in [-0.39, 0.29) is 6.04 Å². The van der Waals surface area contributed by atoms with Gasteiger partial charge in [-0.15, -0.1) is 0 Å². The van der Waals surface area contributed by atoms with Crippen molar-refractivity contribution in [2.75, 3.05) is 5.73 Å². The van der Waals surface area contributed by atoms with Crippen LogP contribution < -0.4 is 17.0 Å². The van der Waals surface area contributed by atoms with Gasteiger partial charge in [-0.1, -0.05) is 11.6 Å². The molecule has 6 heteroatoms. The molecule has 0 aliphatic carbocycles. The number of aromatic nitrogens is 2. The first-order valence-corrected chi connectivity index (χ1v) is 5.94. The van der Waals surface area contributed by atoms with Crippen molar-refractivity contribution in [1.82, 2.24) is 15.6 Å². The number of hydrazine groups is 1. The highest BCUT2D eigenvalue weighted by Gasteiger charge is 2.20. The fourth-order valence-electron chi connectivity index (χ4n) is 2.19. The van der Waals surface area contributed by atoms with Gasteiger partial charge >= 0.3 is 0 Å². The molecular weight excluding hydrogens is 242 g/mol. The van der Waals surface area contributed by atoms with Gasteiger partial charge in [0.1, 0.15) is 23.2 Å². The molecule has 0 saturated heterocycles. The largest absolute Gasteiger partial charge is 0.459 e. The molecule has 2 aromatic heterocycles. The number of fused-ring (bicyclic) bond motifs is 1. The third-order valence-electron chi connectivity index (χ3n) is 3.15. The monoisotopic (exact) mass is 257 g/mol. The second-order valence-corrected chi connectivity index (χ2v) is 4.53. The Kier molecular flexibility index (Phi) is 2.73. The van der Waals surface area contributed by atoms with Gasteiger partial charge in [0.2, 0.25) is 0 Å². The number of nitrogens with one attached hydrogen (secondary N) is 2. The minimum Gasteiger partial charge on any atom is -0.459 e. The van der Waals surface area contributed by atoms with Crippen molar-refractivity contribution in [3.63, 3.8) is 0 Å². The SMILES string of the molecule is Cc1ccc2oc(C(NN)c3cn[nH]c3N)cc2c1. The summed E-state index contributed by atoms with van der Waals surface area (Å²) in [5.74, 6) is 6.79. The van der Waals surface area contributed by atoms with Crippen molar-refractivity contribution in [1.29, 1.82) is 0 Å². The van der Waals surface area contributed by atoms with Gasteiger partial charge in [-0.25, -0.2) is 5.43 Å². The molecule has 0 fully saturated rings. The lowest BCUT2D eigenvalue weighted by Gasteiger charge is -2.11. The molecule has 3 rings (SSSR count). The molecule has 0 spiro atoms. The predicted octanol–water partition coefficient (Wildman–Crippen LogP) is 1.60. The van der Waals surface area contributed by atoms with Gasteiger partial charge in [0, 0.05) is 10.9 Å². The number of nitrogens with zero attached hydrogens (tertiary/aromatic N) is 1. The van der Waals surface area contributed by atoms with Crippen LogP contribution in [0.3, 0.4) is 0 Å². The average molecular weight is 257 g/mol. The topological polar surface area (TPSA) is 106 Å². The number of rotatable bonds is 3. The Morgan fingerprint density at radius 3 is 2.89 bits per heavy atom. The summed E-state index contributed by atoms with van der Waals surface area (Å²) < 4.78 is 5.82. The van der Waals surface area contributed by atoms with Crippen molar-refractivity contribution in [3.8, 4) is 0 Å². The zero-order valence-electron chi connectivity index (χ0n) is 10.5. The number of furan rings is 1. The summed E-state index contributed by atoms with van der Waals surface area (Å²) in [4.78, 5) is 0. The van der Waals surface area contributed by atoms with Crippen LogP contribution in [0.25, 0.3) is 11.0 Å². The molecule has 0 bridgehead atoms. The Labute approximate surface area is 109 Å². The Morgan fingerprint density at radius 1 is 1.37 bits per heavy atom. The Bertz CT molecular complexity index is 715. The maximum Gasteiger partial charge on any atom is 0.134 e. The molecule has 6 nitrogen and oxygen atoms in total. The van der Waals surface area contributed by atoms with Gasteiger partial charge in [-0.3, -0.25) is 10.9 Å². The fraction of sp³-hybridized carbons (Fsp3) is 0.154. The van der Waals surface area contributed by atoms with E-state index in [4.69, 9.17) is 16.0 Å². The summed E-state index contributed by atoms with van der Waals surface area (Å²) in [7, 11) is 0. The quantitative estimate of drug-likeness (QED) is 0.421. The van der Waals surface area contributed by atoms with Gasteiger partial charge in [-0.05, 0) is 25.1 Å². The molecule has 19 heavy (non-hydrogen) atoms. The van der Waals surface area contributed by atoms with Crippen LogP contribution in [0.15, 0.2) is 34.9 Å². The summed E-state index contributed by atoms with van der Waals surface area (Å²) in [5.41, 5.74) is 11.3. The van der Waals surface area contributed by atoms with Gasteiger partial charge in [-0.2, -0.15) is 5.10 Å². The van der Waals surface area contributed by atoms with E-state index in [1.165, 1.54) is 5.56 Å². The third kappa shape index (κ3) is 1.96. The van der Waals surface area contributed by atoms with E-state index in [1.54, 1.807) is 6.20 Å². The number of anilines is 1. The highest BCUT2D eigenvalue weighted by Crippen LogP contribution is 2.30. The van der Waals surface area contributed by atoms with Crippen LogP contribution in [0.4, 0.5) is 5.82 Å². The summed E-state index contributed by atoms with van der Waals surface area (Å²) in [6.07, 6.45) is 1.64. The lowest BCUT2D eigenvalue weighted by atomic mass is 10.1. The van der Waals surface area contributed by atoms with Gasteiger partial charge in [0.05, 0.1) is 6.20 Å². The average Bonchev–Trinajstić information content (AvgIpc) is 2.97. The number of aryl methyl sites for hydroxylation is 1. The molecule has 0 radical (unpaired) electrons. The van der Waals surface area contributed by atoms with Crippen molar-refractivity contribution in [2.45, 2.75) is 13.0 Å². The predicted molar refractivity (Wildman–Crippen MR) is 73.1 cm³/mol. The zero-order valence-corrected chi connectivity index (χ0v) is 10.5. The van der Waals surface area contributed by atoms with Gasteiger partial charge in [0.25, 0.3) is 0 Å². The van der Waals surface area contributed by atoms with Crippen molar-refractivity contribution < 1.29 is 4.42 Å². The number of hydrogen-bond acceptors (Lipinski definition) is 5. The molecule has 1 atom stereocenters. The fourth-order valence-corrected chi connectivity index (χ4v) is 2.19. The van der Waals surface area contributed by atoms with Crippen molar-refractivity contribution >= 4 is 16.8 Å². The number of H-pyrrole nitrogens is 1. The van der Waals surface area contributed by atoms with Crippen LogP contribution in [0.5, 0.6) is 0 Å². The van der Waals surface area contributed by atoms with Crippen LogP contribution in [0.2, 0.25) is 0 Å². The second-order valence-electron chi connectivity index (χ2n) is 4.53. The minimum atomic E-state index is -0.327. The van der Waals surface area contributed by atoms with Gasteiger partial charge in [0.15, 0.2) is 0 Å². The highest BCUT2D eigenvalue weighted by atomic mass is 16.3. The summed E-state index contributed by atoms with van der Waals surface area (Å²) in [5, 5.41) is 7.62. The van der Waals surface area contributed by atoms with Crippen LogP contribution in [-0.4, -0.2) is 10.2 Å². The number of nitrogens with two attached hydrogens (primary N) is 2. The van der Waals surface area contributed by atoms with Gasteiger partial charge < -0.3 is 10.2 Å². The Hall–Kier alpha value is -2.31. The lowest BCUT2D eigenvalue weighted by Crippen LogP contribution is -2.28. The van der Waals surface area contributed by atoms with E-state index >= 15 is 0 Å². The van der Waals surface area contributed by atoms with E-state index in [1.807, 2.05) is 25.1 Å². The van der Waals surface area contributed by atoms with Crippen molar-refractivity contribution in [2.24, 2.45) is 5.84 Å². The van der Waals surface area contributed by atoms with E-state index < -0.39 is 0 Å².